The third-order valence-corrected chi connectivity index (χ3v) is 3.31. The van der Waals surface area contributed by atoms with E-state index >= 15 is 0 Å². The second-order valence-corrected chi connectivity index (χ2v) is 4.77. The third kappa shape index (κ3) is 2.89. The predicted molar refractivity (Wildman–Crippen MR) is 79.1 cm³/mol. The van der Waals surface area contributed by atoms with Gasteiger partial charge in [0.25, 0.3) is 0 Å². The van der Waals surface area contributed by atoms with E-state index in [-0.39, 0.29) is 0 Å². The molecule has 1 aliphatic rings. The highest BCUT2D eigenvalue weighted by molar-refractivity contribution is 5.47. The minimum absolute atomic E-state index is 0.307. The Hall–Kier alpha value is -2.37. The molecule has 1 aromatic carbocycles. The van der Waals surface area contributed by atoms with Gasteiger partial charge in [-0.05, 0) is 13.0 Å². The molecule has 0 bridgehead atoms. The topological polar surface area (TPSA) is 50.3 Å². The molecular formula is C15H17FN4O. The fourth-order valence-corrected chi connectivity index (χ4v) is 2.33. The van der Waals surface area contributed by atoms with Gasteiger partial charge in [0.15, 0.2) is 11.6 Å². The van der Waals surface area contributed by atoms with Crippen molar-refractivity contribution in [3.8, 4) is 5.75 Å². The van der Waals surface area contributed by atoms with Crippen molar-refractivity contribution in [2.45, 2.75) is 13.5 Å². The molecule has 0 saturated carbocycles. The summed E-state index contributed by atoms with van der Waals surface area (Å²) in [5, 5.41) is 3.00. The fourth-order valence-electron chi connectivity index (χ4n) is 2.33. The van der Waals surface area contributed by atoms with Crippen molar-refractivity contribution in [3.63, 3.8) is 0 Å². The number of para-hydroxylation sites is 1. The van der Waals surface area contributed by atoms with Gasteiger partial charge in [0, 0.05) is 18.7 Å². The SMILES string of the molecule is CCNc1ncc(F)c(N2CCOc3ccccc3C2)n1. The Labute approximate surface area is 122 Å². The zero-order valence-electron chi connectivity index (χ0n) is 11.8. The zero-order chi connectivity index (χ0) is 14.7. The molecule has 1 aromatic heterocycles. The summed E-state index contributed by atoms with van der Waals surface area (Å²) in [6, 6.07) is 7.80. The summed E-state index contributed by atoms with van der Waals surface area (Å²) < 4.78 is 19.8. The molecule has 110 valence electrons. The van der Waals surface area contributed by atoms with Crippen molar-refractivity contribution in [2.75, 3.05) is 29.9 Å². The van der Waals surface area contributed by atoms with E-state index < -0.39 is 5.82 Å². The Kier molecular flexibility index (Phi) is 3.85. The number of fused-ring (bicyclic) bond motifs is 1. The van der Waals surface area contributed by atoms with Crippen LogP contribution in [0.5, 0.6) is 5.75 Å². The van der Waals surface area contributed by atoms with E-state index in [9.17, 15) is 4.39 Å². The number of rotatable bonds is 3. The molecule has 0 atom stereocenters. The van der Waals surface area contributed by atoms with Crippen molar-refractivity contribution in [3.05, 3.63) is 41.8 Å². The zero-order valence-corrected chi connectivity index (χ0v) is 11.8. The molecule has 0 radical (unpaired) electrons. The van der Waals surface area contributed by atoms with E-state index in [2.05, 4.69) is 15.3 Å². The number of ether oxygens (including phenoxy) is 1. The maximum atomic E-state index is 14.1. The largest absolute Gasteiger partial charge is 0.491 e. The number of hydrogen-bond acceptors (Lipinski definition) is 5. The number of nitrogens with one attached hydrogen (secondary N) is 1. The van der Waals surface area contributed by atoms with Crippen LogP contribution in [0.25, 0.3) is 0 Å². The van der Waals surface area contributed by atoms with E-state index in [1.165, 1.54) is 6.20 Å². The van der Waals surface area contributed by atoms with Crippen molar-refractivity contribution in [2.24, 2.45) is 0 Å². The summed E-state index contributed by atoms with van der Waals surface area (Å²) >= 11 is 0. The summed E-state index contributed by atoms with van der Waals surface area (Å²) in [5.41, 5.74) is 1.03. The summed E-state index contributed by atoms with van der Waals surface area (Å²) in [4.78, 5) is 10.1. The summed E-state index contributed by atoms with van der Waals surface area (Å²) in [6.07, 6.45) is 1.21. The highest BCUT2D eigenvalue weighted by Crippen LogP contribution is 2.26. The second-order valence-electron chi connectivity index (χ2n) is 4.77. The number of anilines is 2. The van der Waals surface area contributed by atoms with Gasteiger partial charge in [0.05, 0.1) is 12.7 Å². The van der Waals surface area contributed by atoms with Crippen LogP contribution in [0.2, 0.25) is 0 Å². The number of benzene rings is 1. The molecule has 3 rings (SSSR count). The molecule has 1 aliphatic heterocycles. The molecule has 0 aliphatic carbocycles. The standard InChI is InChI=1S/C15H17FN4O/c1-2-17-15-18-9-12(16)14(19-15)20-7-8-21-13-6-4-3-5-11(13)10-20/h3-6,9H,2,7-8,10H2,1H3,(H,17,18,19). The second kappa shape index (κ2) is 5.95. The van der Waals surface area contributed by atoms with Crippen LogP contribution >= 0.6 is 0 Å². The molecule has 0 amide bonds. The lowest BCUT2D eigenvalue weighted by Crippen LogP contribution is -2.27. The first-order valence-electron chi connectivity index (χ1n) is 7.00. The van der Waals surface area contributed by atoms with Gasteiger partial charge in [0.1, 0.15) is 12.4 Å². The van der Waals surface area contributed by atoms with Gasteiger partial charge in [-0.2, -0.15) is 4.98 Å². The minimum atomic E-state index is -0.420. The quantitative estimate of drug-likeness (QED) is 0.940. The molecule has 0 spiro atoms. The van der Waals surface area contributed by atoms with Gasteiger partial charge in [0.2, 0.25) is 5.95 Å². The molecule has 0 fully saturated rings. The maximum absolute atomic E-state index is 14.1. The van der Waals surface area contributed by atoms with Crippen molar-refractivity contribution in [1.82, 2.24) is 9.97 Å². The fraction of sp³-hybridized carbons (Fsp3) is 0.333. The maximum Gasteiger partial charge on any atom is 0.224 e. The molecule has 1 N–H and O–H groups in total. The predicted octanol–water partition coefficient (Wildman–Crippen LogP) is 2.45. The van der Waals surface area contributed by atoms with Crippen molar-refractivity contribution in [1.29, 1.82) is 0 Å². The van der Waals surface area contributed by atoms with Gasteiger partial charge in [-0.1, -0.05) is 18.2 Å². The molecule has 2 aromatic rings. The number of aromatic nitrogens is 2. The smallest absolute Gasteiger partial charge is 0.224 e. The summed E-state index contributed by atoms with van der Waals surface area (Å²) in [6.45, 7) is 4.28. The Bertz CT molecular complexity index is 635. The van der Waals surface area contributed by atoms with Crippen molar-refractivity contribution >= 4 is 11.8 Å². The van der Waals surface area contributed by atoms with Crippen LogP contribution in [0, 0.1) is 5.82 Å². The van der Waals surface area contributed by atoms with E-state index in [1.54, 1.807) is 0 Å². The van der Waals surface area contributed by atoms with Crippen LogP contribution in [-0.2, 0) is 6.54 Å². The number of halogens is 1. The minimum Gasteiger partial charge on any atom is -0.491 e. The van der Waals surface area contributed by atoms with Gasteiger partial charge >= 0.3 is 0 Å². The van der Waals surface area contributed by atoms with E-state index in [0.717, 1.165) is 11.3 Å². The Morgan fingerprint density at radius 1 is 1.38 bits per heavy atom. The molecule has 6 heteroatoms. The molecule has 0 unspecified atom stereocenters. The average molecular weight is 288 g/mol. The van der Waals surface area contributed by atoms with Crippen LogP contribution < -0.4 is 15.0 Å². The van der Waals surface area contributed by atoms with E-state index in [1.807, 2.05) is 36.1 Å². The first-order chi connectivity index (χ1) is 10.3. The average Bonchev–Trinajstić information content (AvgIpc) is 2.71. The first kappa shape index (κ1) is 13.6. The number of hydrogen-bond donors (Lipinski definition) is 1. The number of nitrogens with zero attached hydrogens (tertiary/aromatic N) is 3. The van der Waals surface area contributed by atoms with E-state index in [4.69, 9.17) is 4.74 Å². The lowest BCUT2D eigenvalue weighted by Gasteiger charge is -2.21. The highest BCUT2D eigenvalue weighted by atomic mass is 19.1. The van der Waals surface area contributed by atoms with Gasteiger partial charge in [-0.3, -0.25) is 0 Å². The Morgan fingerprint density at radius 2 is 2.24 bits per heavy atom. The van der Waals surface area contributed by atoms with E-state index in [0.29, 0.717) is 38.0 Å². The van der Waals surface area contributed by atoms with Crippen LogP contribution in [-0.4, -0.2) is 29.7 Å². The lowest BCUT2D eigenvalue weighted by molar-refractivity contribution is 0.331. The molecule has 21 heavy (non-hydrogen) atoms. The normalized spacial score (nSPS) is 14.1. The lowest BCUT2D eigenvalue weighted by atomic mass is 10.2. The van der Waals surface area contributed by atoms with Crippen LogP contribution in [0.1, 0.15) is 12.5 Å². The highest BCUT2D eigenvalue weighted by Gasteiger charge is 2.20. The van der Waals surface area contributed by atoms with Crippen molar-refractivity contribution < 1.29 is 9.13 Å². The van der Waals surface area contributed by atoms with Crippen LogP contribution in [0.15, 0.2) is 30.5 Å². The molecule has 2 heterocycles. The summed E-state index contributed by atoms with van der Waals surface area (Å²) in [7, 11) is 0. The Morgan fingerprint density at radius 3 is 3.10 bits per heavy atom. The van der Waals surface area contributed by atoms with Gasteiger partial charge < -0.3 is 15.0 Å². The molecule has 5 nitrogen and oxygen atoms in total. The third-order valence-electron chi connectivity index (χ3n) is 3.31. The summed E-state index contributed by atoms with van der Waals surface area (Å²) in [5.74, 6) is 1.17. The molecule has 0 saturated heterocycles. The van der Waals surface area contributed by atoms with Crippen LogP contribution in [0.4, 0.5) is 16.2 Å². The van der Waals surface area contributed by atoms with Crippen LogP contribution in [0.3, 0.4) is 0 Å². The van der Waals surface area contributed by atoms with Gasteiger partial charge in [-0.25, -0.2) is 9.37 Å². The molecular weight excluding hydrogens is 271 g/mol. The monoisotopic (exact) mass is 288 g/mol. The van der Waals surface area contributed by atoms with Gasteiger partial charge in [-0.15, -0.1) is 0 Å². The first-order valence-corrected chi connectivity index (χ1v) is 7.00. The Balaban J connectivity index is 1.91.